The van der Waals surface area contributed by atoms with Crippen molar-refractivity contribution in [3.8, 4) is 34.1 Å². The Morgan fingerprint density at radius 2 is 1.45 bits per heavy atom. The molecule has 1 saturated heterocycles. The van der Waals surface area contributed by atoms with Crippen molar-refractivity contribution < 1.29 is 51.3 Å². The van der Waals surface area contributed by atoms with Gasteiger partial charge in [-0.15, -0.1) is 0 Å². The van der Waals surface area contributed by atoms with Gasteiger partial charge in [-0.2, -0.15) is 0 Å². The third kappa shape index (κ3) is 11.7. The number of hydrogen-bond acceptors (Lipinski definition) is 13. The molecule has 15 nitrogen and oxygen atoms in total. The largest absolute Gasteiger partial charge is 0.494 e. The third-order valence-electron chi connectivity index (χ3n) is 11.4. The zero-order valence-electron chi connectivity index (χ0n) is 37.5. The zero-order valence-corrected chi connectivity index (χ0v) is 38.3. The highest BCUT2D eigenvalue weighted by Crippen LogP contribution is 2.41. The van der Waals surface area contributed by atoms with Gasteiger partial charge in [0.05, 0.1) is 49.1 Å². The van der Waals surface area contributed by atoms with Gasteiger partial charge in [-0.3, -0.25) is 34.3 Å². The van der Waals surface area contributed by atoms with Gasteiger partial charge in [-0.05, 0) is 103 Å². The second-order valence-corrected chi connectivity index (χ2v) is 18.0. The number of ether oxygens (including phenoxy) is 5. The molecular weight excluding hydrogens is 865 g/mol. The lowest BCUT2D eigenvalue weighted by atomic mass is 9.99. The first-order valence-corrected chi connectivity index (χ1v) is 24.2. The van der Waals surface area contributed by atoms with Crippen molar-refractivity contribution in [2.24, 2.45) is 0 Å². The number of rotatable bonds is 24. The molecule has 0 saturated carbocycles. The predicted molar refractivity (Wildman–Crippen MR) is 250 cm³/mol. The second-order valence-electron chi connectivity index (χ2n) is 16.0. The summed E-state index contributed by atoms with van der Waals surface area (Å²) in [5, 5.41) is 7.23. The van der Waals surface area contributed by atoms with Crippen LogP contribution in [0.25, 0.3) is 21.9 Å². The van der Waals surface area contributed by atoms with E-state index in [-0.39, 0.29) is 28.9 Å². The van der Waals surface area contributed by atoms with Crippen LogP contribution >= 0.6 is 0 Å². The van der Waals surface area contributed by atoms with Gasteiger partial charge in [-0.1, -0.05) is 44.5 Å². The van der Waals surface area contributed by atoms with E-state index in [9.17, 15) is 27.6 Å². The molecule has 1 atom stereocenters. The number of nitrogens with one attached hydrogen (secondary N) is 2. The smallest absolute Gasteiger partial charge is 0.264 e. The van der Waals surface area contributed by atoms with Crippen molar-refractivity contribution in [3.63, 3.8) is 0 Å². The number of nitrogens with zero attached hydrogens (tertiary/aromatic N) is 2. The third-order valence-corrected chi connectivity index (χ3v) is 12.6. The summed E-state index contributed by atoms with van der Waals surface area (Å²) in [6.45, 7) is 9.57. The number of carbonyl (C=O) groups excluding carboxylic acids is 4. The standard InChI is InChI=1S/C50H56N4O11S/c1-4-6-27-63-38-17-21-41-35(33-38)12-20-40(34-10-18-39(19-11-34)66(3,59)60)47(41)65-37-15-13-36(14-16-37)64-30-26-53(5-2)25-29-62-32-31-61-28-24-51-43-9-7-8-42-46(43)50(58)54(49(42)57)44-22-23-45(55)52-48(44)56/h7-21,33,44,51H,4-6,22-32H2,1-3H3,(H,52,55,56). The number of benzene rings is 5. The number of amides is 4. The Labute approximate surface area is 385 Å². The van der Waals surface area contributed by atoms with E-state index in [4.69, 9.17) is 23.7 Å². The number of imide groups is 2. The molecule has 1 fully saturated rings. The van der Waals surface area contributed by atoms with Crippen LogP contribution in [0.2, 0.25) is 0 Å². The van der Waals surface area contributed by atoms with E-state index in [1.807, 2.05) is 54.6 Å². The van der Waals surface area contributed by atoms with Gasteiger partial charge in [0.1, 0.15) is 35.6 Å². The van der Waals surface area contributed by atoms with Crippen molar-refractivity contribution in [2.75, 3.05) is 77.4 Å². The lowest BCUT2D eigenvalue weighted by Gasteiger charge is -2.27. The maximum atomic E-state index is 13.3. The maximum Gasteiger partial charge on any atom is 0.264 e. The van der Waals surface area contributed by atoms with Crippen LogP contribution in [0.3, 0.4) is 0 Å². The van der Waals surface area contributed by atoms with Crippen LogP contribution in [0, 0.1) is 0 Å². The fraction of sp³-hybridized carbons (Fsp3) is 0.360. The Balaban J connectivity index is 0.836. The molecule has 2 aliphatic rings. The first-order valence-electron chi connectivity index (χ1n) is 22.3. The molecule has 2 heterocycles. The highest BCUT2D eigenvalue weighted by molar-refractivity contribution is 7.90. The molecule has 2 aliphatic heterocycles. The van der Waals surface area contributed by atoms with E-state index in [1.54, 1.807) is 42.5 Å². The number of likely N-dealkylation sites (N-methyl/N-ethyl adjacent to an activating group) is 1. The van der Waals surface area contributed by atoms with E-state index in [0.717, 1.165) is 51.9 Å². The Hall–Kier alpha value is -6.33. The first kappa shape index (κ1) is 47.6. The zero-order chi connectivity index (χ0) is 46.6. The highest BCUT2D eigenvalue weighted by atomic mass is 32.2. The molecule has 0 bridgehead atoms. The number of piperidine rings is 1. The van der Waals surface area contributed by atoms with E-state index >= 15 is 0 Å². The number of sulfone groups is 1. The van der Waals surface area contributed by atoms with Gasteiger partial charge in [-0.25, -0.2) is 8.42 Å². The number of hydrogen-bond donors (Lipinski definition) is 2. The number of carbonyl (C=O) groups is 4. The molecule has 5 aromatic rings. The van der Waals surface area contributed by atoms with Gasteiger partial charge >= 0.3 is 0 Å². The predicted octanol–water partition coefficient (Wildman–Crippen LogP) is 7.13. The number of anilines is 1. The fourth-order valence-electron chi connectivity index (χ4n) is 7.80. The van der Waals surface area contributed by atoms with E-state index in [2.05, 4.69) is 29.4 Å². The summed E-state index contributed by atoms with van der Waals surface area (Å²) in [7, 11) is -3.35. The van der Waals surface area contributed by atoms with Crippen molar-refractivity contribution >= 4 is 49.9 Å². The van der Waals surface area contributed by atoms with Crippen LogP contribution in [0.1, 0.15) is 60.2 Å². The van der Waals surface area contributed by atoms with Crippen LogP contribution < -0.4 is 24.8 Å². The molecule has 5 aromatic carbocycles. The summed E-state index contributed by atoms with van der Waals surface area (Å²) in [4.78, 5) is 53.8. The molecule has 16 heteroatoms. The molecule has 348 valence electrons. The monoisotopic (exact) mass is 920 g/mol. The van der Waals surface area contributed by atoms with Crippen molar-refractivity contribution in [2.45, 2.75) is 50.5 Å². The minimum Gasteiger partial charge on any atom is -0.494 e. The van der Waals surface area contributed by atoms with E-state index in [0.29, 0.717) is 82.2 Å². The first-order chi connectivity index (χ1) is 31.9. The lowest BCUT2D eigenvalue weighted by Crippen LogP contribution is -2.54. The second kappa shape index (κ2) is 22.2. The highest BCUT2D eigenvalue weighted by Gasteiger charge is 2.45. The summed E-state index contributed by atoms with van der Waals surface area (Å²) in [6.07, 6.45) is 3.36. The normalized spacial score (nSPS) is 15.0. The van der Waals surface area contributed by atoms with Gasteiger partial charge in [0.15, 0.2) is 9.84 Å². The molecule has 0 spiro atoms. The van der Waals surface area contributed by atoms with Gasteiger partial charge < -0.3 is 29.0 Å². The van der Waals surface area contributed by atoms with E-state index < -0.39 is 39.5 Å². The summed E-state index contributed by atoms with van der Waals surface area (Å²) in [5.74, 6) is 0.569. The summed E-state index contributed by atoms with van der Waals surface area (Å²) in [5.41, 5.74) is 2.54. The molecule has 2 N–H and O–H groups in total. The number of fused-ring (bicyclic) bond motifs is 2. The molecular formula is C50H56N4O11S. The molecule has 7 rings (SSSR count). The van der Waals surface area contributed by atoms with Crippen molar-refractivity contribution in [1.82, 2.24) is 15.1 Å². The van der Waals surface area contributed by atoms with Crippen molar-refractivity contribution in [1.29, 1.82) is 0 Å². The van der Waals surface area contributed by atoms with Crippen LogP contribution in [0.4, 0.5) is 5.69 Å². The average Bonchev–Trinajstić information content (AvgIpc) is 3.56. The van der Waals surface area contributed by atoms with Crippen LogP contribution in [0.15, 0.2) is 102 Å². The van der Waals surface area contributed by atoms with Crippen molar-refractivity contribution in [3.05, 3.63) is 108 Å². The molecule has 0 aromatic heterocycles. The Morgan fingerprint density at radius 3 is 2.18 bits per heavy atom. The Bertz CT molecular complexity index is 2640. The average molecular weight is 921 g/mol. The van der Waals surface area contributed by atoms with Gasteiger partial charge in [0.2, 0.25) is 11.8 Å². The Kier molecular flexibility index (Phi) is 16.0. The maximum absolute atomic E-state index is 13.3. The number of unbranched alkanes of at least 4 members (excludes halogenated alkanes) is 1. The SMILES string of the molecule is CCCCOc1ccc2c(Oc3ccc(OCCN(CC)CCOCCOCCNc4cccc5c4C(=O)N(C4CCC(=O)NC4=O)C5=O)cc3)c(-c3ccc(S(C)(=O)=O)cc3)ccc2c1. The summed E-state index contributed by atoms with van der Waals surface area (Å²) in [6, 6.07) is 28.2. The molecule has 4 amide bonds. The molecule has 0 radical (unpaired) electrons. The quantitative estimate of drug-likeness (QED) is 0.0472. The van der Waals surface area contributed by atoms with Crippen LogP contribution in [0.5, 0.6) is 23.0 Å². The van der Waals surface area contributed by atoms with E-state index in [1.165, 1.54) is 6.26 Å². The van der Waals surface area contributed by atoms with Crippen LogP contribution in [-0.4, -0.2) is 120 Å². The minimum absolute atomic E-state index is 0.0580. The molecule has 0 aliphatic carbocycles. The topological polar surface area (TPSA) is 179 Å². The van der Waals surface area contributed by atoms with Crippen LogP contribution in [-0.2, 0) is 28.9 Å². The van der Waals surface area contributed by atoms with Gasteiger partial charge in [0.25, 0.3) is 11.8 Å². The Morgan fingerprint density at radius 1 is 0.742 bits per heavy atom. The fourth-order valence-corrected chi connectivity index (χ4v) is 8.43. The molecule has 1 unspecified atom stereocenters. The lowest BCUT2D eigenvalue weighted by molar-refractivity contribution is -0.136. The summed E-state index contributed by atoms with van der Waals surface area (Å²) >= 11 is 0. The van der Waals surface area contributed by atoms with Gasteiger partial charge in [0, 0.05) is 48.9 Å². The molecule has 66 heavy (non-hydrogen) atoms. The summed E-state index contributed by atoms with van der Waals surface area (Å²) < 4.78 is 54.5. The minimum atomic E-state index is -3.35.